The van der Waals surface area contributed by atoms with Gasteiger partial charge in [-0.3, -0.25) is 9.59 Å². The van der Waals surface area contributed by atoms with Crippen LogP contribution in [0.1, 0.15) is 76.5 Å². The van der Waals surface area contributed by atoms with Crippen molar-refractivity contribution < 1.29 is 9.59 Å². The molecule has 2 fully saturated rings. The van der Waals surface area contributed by atoms with Crippen LogP contribution >= 0.6 is 0 Å². The zero-order valence-corrected chi connectivity index (χ0v) is 21.3. The number of amides is 2. The molecule has 0 radical (unpaired) electrons. The van der Waals surface area contributed by atoms with E-state index < -0.39 is 0 Å². The van der Waals surface area contributed by atoms with Crippen molar-refractivity contribution in [2.45, 2.75) is 51.4 Å². The Labute approximate surface area is 213 Å². The van der Waals surface area contributed by atoms with E-state index in [9.17, 15) is 9.59 Å². The molecule has 0 atom stereocenters. The van der Waals surface area contributed by atoms with E-state index in [2.05, 4.69) is 32.7 Å². The van der Waals surface area contributed by atoms with Gasteiger partial charge in [0, 0.05) is 48.7 Å². The minimum atomic E-state index is -0.0622. The van der Waals surface area contributed by atoms with Crippen molar-refractivity contribution in [1.82, 2.24) is 20.1 Å². The molecule has 2 amide bonds. The lowest BCUT2D eigenvalue weighted by Crippen LogP contribution is -2.43. The molecule has 6 rings (SSSR count). The topological polar surface area (TPSA) is 80.5 Å². The highest BCUT2D eigenvalue weighted by atomic mass is 16.2. The van der Waals surface area contributed by atoms with Gasteiger partial charge in [0.2, 0.25) is 0 Å². The van der Waals surface area contributed by atoms with E-state index in [0.29, 0.717) is 11.5 Å². The van der Waals surface area contributed by atoms with Gasteiger partial charge in [-0.2, -0.15) is 0 Å². The molecule has 7 nitrogen and oxygen atoms in total. The van der Waals surface area contributed by atoms with Crippen LogP contribution in [0.3, 0.4) is 0 Å². The molecular weight excluding hydrogens is 450 g/mol. The summed E-state index contributed by atoms with van der Waals surface area (Å²) in [6, 6.07) is 6.23. The van der Waals surface area contributed by atoms with E-state index in [1.165, 1.54) is 24.8 Å². The summed E-state index contributed by atoms with van der Waals surface area (Å²) in [7, 11) is 0. The summed E-state index contributed by atoms with van der Waals surface area (Å²) in [5.74, 6) is 0.511. The first-order chi connectivity index (χ1) is 17.6. The van der Waals surface area contributed by atoms with Crippen molar-refractivity contribution in [2.24, 2.45) is 0 Å². The standard InChI is InChI=1S/C29H37N5O2/c1-19-25(31-24-10-15-34(29(36)26(19)24)17-16-33-13-3-2-4-14-33)18-22-27-21(20-8-11-30-12-9-20)6-5-7-23(27)32-28(22)35/h5-7,18,20,30-31H,2-4,8-17H2,1H3,(H,32,35)/b22-18-. The number of anilines is 1. The van der Waals surface area contributed by atoms with Gasteiger partial charge in [0.1, 0.15) is 0 Å². The summed E-state index contributed by atoms with van der Waals surface area (Å²) < 4.78 is 0. The predicted octanol–water partition coefficient (Wildman–Crippen LogP) is 3.77. The minimum absolute atomic E-state index is 0.0622. The number of aromatic amines is 1. The van der Waals surface area contributed by atoms with E-state index in [4.69, 9.17) is 0 Å². The maximum absolute atomic E-state index is 13.5. The first kappa shape index (κ1) is 23.5. The Kier molecular flexibility index (Phi) is 6.44. The Morgan fingerprint density at radius 1 is 1.00 bits per heavy atom. The summed E-state index contributed by atoms with van der Waals surface area (Å²) in [5.41, 5.74) is 7.53. The van der Waals surface area contributed by atoms with Crippen LogP contribution in [0, 0.1) is 6.92 Å². The van der Waals surface area contributed by atoms with Crippen LogP contribution in [0.25, 0.3) is 11.6 Å². The predicted molar refractivity (Wildman–Crippen MR) is 143 cm³/mol. The van der Waals surface area contributed by atoms with Gasteiger partial charge in [-0.1, -0.05) is 18.6 Å². The maximum atomic E-state index is 13.5. The lowest BCUT2D eigenvalue weighted by Gasteiger charge is -2.32. The van der Waals surface area contributed by atoms with Crippen molar-refractivity contribution in [3.63, 3.8) is 0 Å². The molecule has 7 heteroatoms. The average Bonchev–Trinajstić information content (AvgIpc) is 3.41. The molecule has 1 aromatic heterocycles. The number of fused-ring (bicyclic) bond motifs is 2. The average molecular weight is 488 g/mol. The Morgan fingerprint density at radius 3 is 2.61 bits per heavy atom. The van der Waals surface area contributed by atoms with Crippen molar-refractivity contribution in [3.8, 4) is 0 Å². The van der Waals surface area contributed by atoms with Gasteiger partial charge < -0.3 is 25.4 Å². The minimum Gasteiger partial charge on any atom is -0.358 e. The Balaban J connectivity index is 1.27. The van der Waals surface area contributed by atoms with E-state index in [1.807, 2.05) is 24.0 Å². The zero-order chi connectivity index (χ0) is 24.6. The van der Waals surface area contributed by atoms with Crippen molar-refractivity contribution in [3.05, 3.63) is 51.8 Å². The zero-order valence-electron chi connectivity index (χ0n) is 21.3. The Hall–Kier alpha value is -2.90. The summed E-state index contributed by atoms with van der Waals surface area (Å²) in [6.07, 6.45) is 8.82. The molecule has 3 N–H and O–H groups in total. The van der Waals surface area contributed by atoms with Crippen molar-refractivity contribution in [1.29, 1.82) is 0 Å². The third kappa shape index (κ3) is 4.28. The van der Waals surface area contributed by atoms with Gasteiger partial charge in [0.05, 0.1) is 11.1 Å². The van der Waals surface area contributed by atoms with Gasteiger partial charge in [0.25, 0.3) is 11.8 Å². The molecule has 2 saturated heterocycles. The normalized spacial score (nSPS) is 22.1. The first-order valence-corrected chi connectivity index (χ1v) is 13.7. The number of nitrogens with one attached hydrogen (secondary N) is 3. The van der Waals surface area contributed by atoms with Crippen LogP contribution in [-0.2, 0) is 11.2 Å². The van der Waals surface area contributed by atoms with Crippen LogP contribution < -0.4 is 10.6 Å². The van der Waals surface area contributed by atoms with Gasteiger partial charge in [-0.15, -0.1) is 0 Å². The van der Waals surface area contributed by atoms with Crippen molar-refractivity contribution >= 4 is 29.2 Å². The second-order valence-corrected chi connectivity index (χ2v) is 10.8. The molecule has 0 aliphatic carbocycles. The number of aromatic nitrogens is 1. The lowest BCUT2D eigenvalue weighted by molar-refractivity contribution is -0.110. The van der Waals surface area contributed by atoms with Crippen LogP contribution in [0.4, 0.5) is 5.69 Å². The van der Waals surface area contributed by atoms with Crippen LogP contribution in [0.5, 0.6) is 0 Å². The van der Waals surface area contributed by atoms with Crippen molar-refractivity contribution in [2.75, 3.05) is 51.1 Å². The number of carbonyl (C=O) groups excluding carboxylic acids is 2. The number of hydrogen-bond donors (Lipinski definition) is 3. The molecule has 2 aromatic rings. The van der Waals surface area contributed by atoms with Gasteiger partial charge in [-0.25, -0.2) is 0 Å². The molecule has 0 bridgehead atoms. The number of carbonyl (C=O) groups is 2. The Morgan fingerprint density at radius 2 is 1.81 bits per heavy atom. The number of H-pyrrole nitrogens is 1. The largest absolute Gasteiger partial charge is 0.358 e. The molecule has 190 valence electrons. The van der Waals surface area contributed by atoms with Gasteiger partial charge in [-0.05, 0) is 88.0 Å². The van der Waals surface area contributed by atoms with E-state index in [0.717, 1.165) is 98.8 Å². The highest BCUT2D eigenvalue weighted by molar-refractivity contribution is 6.35. The molecule has 4 aliphatic rings. The number of nitrogens with zero attached hydrogens (tertiary/aromatic N) is 2. The summed E-state index contributed by atoms with van der Waals surface area (Å²) in [5, 5.41) is 6.52. The lowest BCUT2D eigenvalue weighted by atomic mass is 9.85. The summed E-state index contributed by atoms with van der Waals surface area (Å²) in [4.78, 5) is 34.6. The molecule has 4 aliphatic heterocycles. The van der Waals surface area contributed by atoms with Gasteiger partial charge >= 0.3 is 0 Å². The smallest absolute Gasteiger partial charge is 0.256 e. The molecule has 0 saturated carbocycles. The third-order valence-electron chi connectivity index (χ3n) is 8.56. The fraction of sp³-hybridized carbons (Fsp3) is 0.517. The second kappa shape index (κ2) is 9.87. The molecule has 36 heavy (non-hydrogen) atoms. The monoisotopic (exact) mass is 487 g/mol. The number of hydrogen-bond acceptors (Lipinski definition) is 4. The maximum Gasteiger partial charge on any atom is 0.256 e. The molecule has 1 aromatic carbocycles. The van der Waals surface area contributed by atoms with E-state index >= 15 is 0 Å². The van der Waals surface area contributed by atoms with Crippen LogP contribution in [-0.4, -0.2) is 72.4 Å². The fourth-order valence-corrected chi connectivity index (χ4v) is 6.50. The summed E-state index contributed by atoms with van der Waals surface area (Å²) in [6.45, 7) is 8.82. The SMILES string of the molecule is Cc1c(/C=C2\C(=O)Nc3cccc(C4CCNCC4)c32)[nH]c2c1C(=O)N(CCN1CCCCC1)CC2. The highest BCUT2D eigenvalue weighted by Crippen LogP contribution is 2.41. The first-order valence-electron chi connectivity index (χ1n) is 13.7. The van der Waals surface area contributed by atoms with Crippen LogP contribution in [0.15, 0.2) is 18.2 Å². The number of benzene rings is 1. The fourth-order valence-electron chi connectivity index (χ4n) is 6.50. The van der Waals surface area contributed by atoms with Crippen LogP contribution in [0.2, 0.25) is 0 Å². The summed E-state index contributed by atoms with van der Waals surface area (Å²) >= 11 is 0. The van der Waals surface area contributed by atoms with E-state index in [-0.39, 0.29) is 11.8 Å². The van der Waals surface area contributed by atoms with E-state index in [1.54, 1.807) is 0 Å². The molecule has 5 heterocycles. The highest BCUT2D eigenvalue weighted by Gasteiger charge is 2.32. The Bertz CT molecular complexity index is 1200. The van der Waals surface area contributed by atoms with Gasteiger partial charge in [0.15, 0.2) is 0 Å². The number of piperidine rings is 2. The second-order valence-electron chi connectivity index (χ2n) is 10.8. The number of rotatable bonds is 5. The quantitative estimate of drug-likeness (QED) is 0.561. The third-order valence-corrected chi connectivity index (χ3v) is 8.56. The molecule has 0 unspecified atom stereocenters. The molecule has 0 spiro atoms. The molecular formula is C29H37N5O2. The number of likely N-dealkylation sites (tertiary alicyclic amines) is 1.